The van der Waals surface area contributed by atoms with Crippen molar-refractivity contribution >= 4 is 28.8 Å². The van der Waals surface area contributed by atoms with Crippen LogP contribution < -0.4 is 11.1 Å². The molecular weight excluding hydrogens is 220 g/mol. The molecule has 0 aromatic carbocycles. The maximum Gasteiger partial charge on any atom is 0.234 e. The monoisotopic (exact) mass is 232 g/mol. The molecule has 0 spiro atoms. The number of nitrogens with one attached hydrogen (secondary N) is 1. The average Bonchev–Trinajstić information content (AvgIpc) is 2.51. The quantitative estimate of drug-likeness (QED) is 0.834. The molecule has 1 aromatic rings. The van der Waals surface area contributed by atoms with Crippen LogP contribution in [0.2, 0.25) is 4.34 Å². The first kappa shape index (κ1) is 11.5. The van der Waals surface area contributed by atoms with Gasteiger partial charge in [0.25, 0.3) is 0 Å². The minimum absolute atomic E-state index is 0.0845. The minimum Gasteiger partial charge on any atom is -0.368 e. The summed E-state index contributed by atoms with van der Waals surface area (Å²) in [7, 11) is 0. The van der Waals surface area contributed by atoms with E-state index in [0.29, 0.717) is 0 Å². The van der Waals surface area contributed by atoms with E-state index in [1.165, 1.54) is 11.3 Å². The highest BCUT2D eigenvalue weighted by Gasteiger charge is 2.14. The van der Waals surface area contributed by atoms with E-state index in [9.17, 15) is 4.79 Å². The van der Waals surface area contributed by atoms with Crippen molar-refractivity contribution in [2.45, 2.75) is 25.9 Å². The highest BCUT2D eigenvalue weighted by atomic mass is 35.5. The van der Waals surface area contributed by atoms with Gasteiger partial charge in [-0.3, -0.25) is 10.1 Å². The molecule has 78 valence electrons. The molecule has 1 amide bonds. The van der Waals surface area contributed by atoms with Crippen molar-refractivity contribution in [3.8, 4) is 0 Å². The molecule has 0 fully saturated rings. The Balaban J connectivity index is 2.58. The third kappa shape index (κ3) is 2.97. The van der Waals surface area contributed by atoms with Crippen LogP contribution in [0.5, 0.6) is 0 Å². The highest BCUT2D eigenvalue weighted by molar-refractivity contribution is 7.14. The molecule has 1 heterocycles. The van der Waals surface area contributed by atoms with Gasteiger partial charge in [-0.05, 0) is 30.9 Å². The lowest BCUT2D eigenvalue weighted by atomic mass is 10.1. The lowest BCUT2D eigenvalue weighted by molar-refractivity contribution is -0.119. The molecular formula is C9H13ClN2OS. The van der Waals surface area contributed by atoms with Crippen molar-refractivity contribution in [1.29, 1.82) is 0 Å². The Morgan fingerprint density at radius 3 is 2.71 bits per heavy atom. The lowest BCUT2D eigenvalue weighted by Crippen LogP contribution is -2.39. The van der Waals surface area contributed by atoms with Gasteiger partial charge in [0.2, 0.25) is 5.91 Å². The van der Waals surface area contributed by atoms with Gasteiger partial charge in [0.1, 0.15) is 0 Å². The van der Waals surface area contributed by atoms with Gasteiger partial charge >= 0.3 is 0 Å². The molecule has 0 bridgehead atoms. The van der Waals surface area contributed by atoms with Crippen LogP contribution in [0.1, 0.15) is 25.5 Å². The zero-order chi connectivity index (χ0) is 10.7. The summed E-state index contributed by atoms with van der Waals surface area (Å²) in [4.78, 5) is 10.8. The first-order valence-electron chi connectivity index (χ1n) is 4.30. The first-order valence-corrected chi connectivity index (χ1v) is 5.55. The van der Waals surface area contributed by atoms with Gasteiger partial charge < -0.3 is 5.73 Å². The molecule has 0 aliphatic carbocycles. The number of hydrogen-bond acceptors (Lipinski definition) is 3. The fourth-order valence-corrected chi connectivity index (χ4v) is 2.09. The summed E-state index contributed by atoms with van der Waals surface area (Å²) in [6.07, 6.45) is 0. The Labute approximate surface area is 92.3 Å². The van der Waals surface area contributed by atoms with Crippen molar-refractivity contribution in [3.05, 3.63) is 21.3 Å². The number of rotatable bonds is 4. The summed E-state index contributed by atoms with van der Waals surface area (Å²) in [6, 6.07) is 1.64. The highest BCUT2D eigenvalue weighted by Crippen LogP contribution is 2.24. The van der Waals surface area contributed by atoms with Crippen LogP contribution in [-0.4, -0.2) is 11.9 Å². The van der Waals surface area contributed by atoms with Crippen LogP contribution >= 0.6 is 22.9 Å². The van der Waals surface area contributed by atoms with Crippen LogP contribution in [0.4, 0.5) is 0 Å². The minimum atomic E-state index is -0.349. The van der Waals surface area contributed by atoms with Crippen LogP contribution in [0, 0.1) is 0 Å². The van der Waals surface area contributed by atoms with Gasteiger partial charge in [0, 0.05) is 6.04 Å². The molecule has 1 aromatic heterocycles. The summed E-state index contributed by atoms with van der Waals surface area (Å²) in [6.45, 7) is 3.71. The smallest absolute Gasteiger partial charge is 0.234 e. The molecule has 0 radical (unpaired) electrons. The molecule has 1 rings (SSSR count). The molecule has 0 saturated carbocycles. The molecule has 0 aliphatic heterocycles. The second-order valence-corrected chi connectivity index (χ2v) is 4.74. The maximum atomic E-state index is 10.8. The normalized spacial score (nSPS) is 15.1. The predicted octanol–water partition coefficient (Wildman–Crippen LogP) is 1.93. The zero-order valence-electron chi connectivity index (χ0n) is 8.08. The Morgan fingerprint density at radius 1 is 1.64 bits per heavy atom. The number of carbonyl (C=O) groups is 1. The van der Waals surface area contributed by atoms with Crippen LogP contribution in [0.25, 0.3) is 0 Å². The molecule has 0 aliphatic rings. The van der Waals surface area contributed by atoms with E-state index in [1.54, 1.807) is 6.92 Å². The van der Waals surface area contributed by atoms with E-state index in [1.807, 2.05) is 18.4 Å². The molecule has 3 N–H and O–H groups in total. The van der Waals surface area contributed by atoms with E-state index >= 15 is 0 Å². The fraction of sp³-hybridized carbons (Fsp3) is 0.444. The average molecular weight is 233 g/mol. The lowest BCUT2D eigenvalue weighted by Gasteiger charge is -2.16. The van der Waals surface area contributed by atoms with Crippen molar-refractivity contribution in [1.82, 2.24) is 5.32 Å². The van der Waals surface area contributed by atoms with Crippen LogP contribution in [0.15, 0.2) is 11.4 Å². The summed E-state index contributed by atoms with van der Waals surface area (Å²) in [5.41, 5.74) is 6.22. The van der Waals surface area contributed by atoms with E-state index in [0.717, 1.165) is 9.90 Å². The molecule has 0 saturated heterocycles. The summed E-state index contributed by atoms with van der Waals surface area (Å²) >= 11 is 7.28. The second kappa shape index (κ2) is 4.77. The Morgan fingerprint density at radius 2 is 2.29 bits per heavy atom. The van der Waals surface area contributed by atoms with Gasteiger partial charge in [0.05, 0.1) is 10.4 Å². The van der Waals surface area contributed by atoms with Crippen molar-refractivity contribution < 1.29 is 4.79 Å². The molecule has 3 nitrogen and oxygen atoms in total. The zero-order valence-corrected chi connectivity index (χ0v) is 9.65. The van der Waals surface area contributed by atoms with Gasteiger partial charge in [-0.15, -0.1) is 11.3 Å². The Bertz CT molecular complexity index is 326. The van der Waals surface area contributed by atoms with Crippen LogP contribution in [-0.2, 0) is 4.79 Å². The summed E-state index contributed by atoms with van der Waals surface area (Å²) in [5.74, 6) is -0.349. The molecule has 2 unspecified atom stereocenters. The molecule has 14 heavy (non-hydrogen) atoms. The summed E-state index contributed by atoms with van der Waals surface area (Å²) < 4.78 is 0.750. The third-order valence-corrected chi connectivity index (χ3v) is 3.12. The molecule has 2 atom stereocenters. The number of thiophene rings is 1. The number of halogens is 1. The third-order valence-electron chi connectivity index (χ3n) is 2.01. The predicted molar refractivity (Wildman–Crippen MR) is 59.5 cm³/mol. The standard InChI is InChI=1S/C9H13ClN2OS/c1-5(12-6(2)9(11)13)7-3-8(10)14-4-7/h3-6,12H,1-2H3,(H2,11,13). The number of nitrogens with two attached hydrogens (primary N) is 1. The van der Waals surface area contributed by atoms with Gasteiger partial charge in [-0.25, -0.2) is 0 Å². The van der Waals surface area contributed by atoms with Gasteiger partial charge in [-0.1, -0.05) is 11.6 Å². The first-order chi connectivity index (χ1) is 6.50. The molecule has 5 heteroatoms. The van der Waals surface area contributed by atoms with Crippen molar-refractivity contribution in [3.63, 3.8) is 0 Å². The van der Waals surface area contributed by atoms with Gasteiger partial charge in [-0.2, -0.15) is 0 Å². The largest absolute Gasteiger partial charge is 0.368 e. The van der Waals surface area contributed by atoms with Crippen molar-refractivity contribution in [2.24, 2.45) is 5.73 Å². The fourth-order valence-electron chi connectivity index (χ4n) is 1.10. The van der Waals surface area contributed by atoms with Crippen LogP contribution in [0.3, 0.4) is 0 Å². The van der Waals surface area contributed by atoms with Gasteiger partial charge in [0.15, 0.2) is 0 Å². The topological polar surface area (TPSA) is 55.1 Å². The maximum absolute atomic E-state index is 10.8. The summed E-state index contributed by atoms with van der Waals surface area (Å²) in [5, 5.41) is 5.05. The Kier molecular flexibility index (Phi) is 3.92. The number of carbonyl (C=O) groups excluding carboxylic acids is 1. The second-order valence-electron chi connectivity index (χ2n) is 3.20. The Hall–Kier alpha value is -0.580. The van der Waals surface area contributed by atoms with E-state index in [4.69, 9.17) is 17.3 Å². The van der Waals surface area contributed by atoms with E-state index in [2.05, 4.69) is 5.32 Å². The van der Waals surface area contributed by atoms with Crippen molar-refractivity contribution in [2.75, 3.05) is 0 Å². The van der Waals surface area contributed by atoms with E-state index < -0.39 is 0 Å². The number of hydrogen-bond donors (Lipinski definition) is 2. The number of amides is 1. The SMILES string of the molecule is CC(NC(C)c1csc(Cl)c1)C(N)=O. The van der Waals surface area contributed by atoms with E-state index in [-0.39, 0.29) is 18.0 Å². The number of primary amides is 1.